The van der Waals surface area contributed by atoms with Crippen LogP contribution >= 0.6 is 11.6 Å². The summed E-state index contributed by atoms with van der Waals surface area (Å²) in [4.78, 5) is 14.2. The van der Waals surface area contributed by atoms with E-state index >= 15 is 0 Å². The number of benzene rings is 1. The summed E-state index contributed by atoms with van der Waals surface area (Å²) in [7, 11) is 0. The number of carbonyl (C=O) groups excluding carboxylic acids is 1. The Kier molecular flexibility index (Phi) is 3.01. The van der Waals surface area contributed by atoms with Crippen molar-refractivity contribution in [1.82, 2.24) is 9.55 Å². The van der Waals surface area contributed by atoms with Crippen molar-refractivity contribution in [2.75, 3.05) is 0 Å². The van der Waals surface area contributed by atoms with Crippen LogP contribution < -0.4 is 0 Å². The van der Waals surface area contributed by atoms with E-state index in [1.807, 2.05) is 0 Å². The molecule has 0 aliphatic rings. The van der Waals surface area contributed by atoms with Crippen LogP contribution in [0.1, 0.15) is 16.1 Å². The average Bonchev–Trinajstić information content (AvgIpc) is 2.71. The van der Waals surface area contributed by atoms with Gasteiger partial charge < -0.3 is 4.57 Å². The predicted octanol–water partition coefficient (Wildman–Crippen LogP) is 2.54. The molecule has 82 valence electrons. The first kappa shape index (κ1) is 10.8. The highest BCUT2D eigenvalue weighted by Crippen LogP contribution is 2.15. The molecule has 0 N–H and O–H groups in total. The highest BCUT2D eigenvalue weighted by molar-refractivity contribution is 6.30. The molecule has 2 rings (SSSR count). The molecule has 5 heteroatoms. The Morgan fingerprint density at radius 3 is 3.00 bits per heavy atom. The van der Waals surface area contributed by atoms with Gasteiger partial charge >= 0.3 is 0 Å². The molecule has 0 aliphatic carbocycles. The number of imidazole rings is 1. The molecule has 0 bridgehead atoms. The molecule has 3 nitrogen and oxygen atoms in total. The van der Waals surface area contributed by atoms with Crippen molar-refractivity contribution in [3.8, 4) is 0 Å². The molecule has 0 spiro atoms. The minimum absolute atomic E-state index is 0.299. The second-order valence-corrected chi connectivity index (χ2v) is 3.76. The predicted molar refractivity (Wildman–Crippen MR) is 58.1 cm³/mol. The van der Waals surface area contributed by atoms with Gasteiger partial charge in [0.05, 0.1) is 12.9 Å². The number of rotatable bonds is 3. The third-order valence-corrected chi connectivity index (χ3v) is 2.37. The molecule has 0 radical (unpaired) electrons. The van der Waals surface area contributed by atoms with Gasteiger partial charge in [0.15, 0.2) is 6.29 Å². The van der Waals surface area contributed by atoms with Crippen LogP contribution in [0.25, 0.3) is 0 Å². The molecule has 1 aromatic heterocycles. The van der Waals surface area contributed by atoms with E-state index in [0.29, 0.717) is 29.1 Å². The maximum atomic E-state index is 13.4. The first-order valence-electron chi connectivity index (χ1n) is 4.60. The van der Waals surface area contributed by atoms with Crippen LogP contribution in [0, 0.1) is 5.82 Å². The summed E-state index contributed by atoms with van der Waals surface area (Å²) in [6, 6.07) is 4.36. The first-order chi connectivity index (χ1) is 7.69. The topological polar surface area (TPSA) is 34.9 Å². The van der Waals surface area contributed by atoms with Crippen LogP contribution in [0.5, 0.6) is 0 Å². The number of aldehydes is 1. The highest BCUT2D eigenvalue weighted by atomic mass is 35.5. The van der Waals surface area contributed by atoms with Gasteiger partial charge in [0.1, 0.15) is 11.5 Å². The number of nitrogens with zero attached hydrogens (tertiary/aromatic N) is 2. The summed E-state index contributed by atoms with van der Waals surface area (Å²) in [5, 5.41) is 0.479. The fourth-order valence-corrected chi connectivity index (χ4v) is 1.58. The Bertz CT molecular complexity index is 524. The summed E-state index contributed by atoms with van der Waals surface area (Å²) in [6.45, 7) is 0.299. The third-order valence-electron chi connectivity index (χ3n) is 2.13. The molecule has 0 fully saturated rings. The van der Waals surface area contributed by atoms with E-state index in [1.54, 1.807) is 16.8 Å². The van der Waals surface area contributed by atoms with Crippen molar-refractivity contribution in [2.45, 2.75) is 6.54 Å². The fraction of sp³-hybridized carbons (Fsp3) is 0.0909. The van der Waals surface area contributed by atoms with Gasteiger partial charge in [-0.05, 0) is 18.2 Å². The van der Waals surface area contributed by atoms with E-state index < -0.39 is 0 Å². The molecule has 1 aromatic carbocycles. The van der Waals surface area contributed by atoms with Crippen LogP contribution in [0.15, 0.2) is 30.7 Å². The van der Waals surface area contributed by atoms with Crippen LogP contribution in [0.2, 0.25) is 5.02 Å². The minimum atomic E-state index is -0.328. The molecule has 0 unspecified atom stereocenters. The van der Waals surface area contributed by atoms with Crippen molar-refractivity contribution in [3.05, 3.63) is 52.8 Å². The Morgan fingerprint density at radius 2 is 2.31 bits per heavy atom. The number of hydrogen-bond acceptors (Lipinski definition) is 2. The van der Waals surface area contributed by atoms with Crippen LogP contribution in [0.3, 0.4) is 0 Å². The molecule has 0 aliphatic heterocycles. The standard InChI is InChI=1S/C11H8ClFN2O/c12-9-1-2-11(13)8(3-9)4-15-5-10(6-16)14-7-15/h1-3,5-7H,4H2. The lowest BCUT2D eigenvalue weighted by molar-refractivity contribution is 0.111. The Balaban J connectivity index is 2.26. The average molecular weight is 239 g/mol. The Labute approximate surface area is 96.5 Å². The second-order valence-electron chi connectivity index (χ2n) is 3.32. The molecular weight excluding hydrogens is 231 g/mol. The van der Waals surface area contributed by atoms with Crippen molar-refractivity contribution in [2.24, 2.45) is 0 Å². The summed E-state index contributed by atoms with van der Waals surface area (Å²) < 4.78 is 15.0. The number of hydrogen-bond donors (Lipinski definition) is 0. The molecule has 0 saturated heterocycles. The number of halogens is 2. The van der Waals surface area contributed by atoms with Gasteiger partial charge in [0, 0.05) is 16.8 Å². The van der Waals surface area contributed by atoms with Gasteiger partial charge in [-0.3, -0.25) is 4.79 Å². The quantitative estimate of drug-likeness (QED) is 0.771. The fourth-order valence-electron chi connectivity index (χ4n) is 1.39. The van der Waals surface area contributed by atoms with Crippen molar-refractivity contribution >= 4 is 17.9 Å². The van der Waals surface area contributed by atoms with E-state index in [1.165, 1.54) is 18.5 Å². The Hall–Kier alpha value is -1.68. The molecule has 0 atom stereocenters. The molecular formula is C11H8ClFN2O. The lowest BCUT2D eigenvalue weighted by atomic mass is 10.2. The van der Waals surface area contributed by atoms with E-state index in [-0.39, 0.29) is 5.82 Å². The largest absolute Gasteiger partial charge is 0.332 e. The summed E-state index contributed by atoms with van der Waals surface area (Å²) >= 11 is 5.77. The number of aromatic nitrogens is 2. The van der Waals surface area contributed by atoms with Gasteiger partial charge in [-0.25, -0.2) is 9.37 Å². The molecule has 2 aromatic rings. The molecule has 0 amide bonds. The first-order valence-corrected chi connectivity index (χ1v) is 4.97. The summed E-state index contributed by atoms with van der Waals surface area (Å²) in [5.41, 5.74) is 0.782. The van der Waals surface area contributed by atoms with E-state index in [4.69, 9.17) is 11.6 Å². The maximum absolute atomic E-state index is 13.4. The lowest BCUT2D eigenvalue weighted by Crippen LogP contribution is -1.99. The van der Waals surface area contributed by atoms with Crippen molar-refractivity contribution in [1.29, 1.82) is 0 Å². The highest BCUT2D eigenvalue weighted by Gasteiger charge is 2.04. The van der Waals surface area contributed by atoms with Gasteiger partial charge in [-0.2, -0.15) is 0 Å². The molecule has 0 saturated carbocycles. The zero-order valence-electron chi connectivity index (χ0n) is 8.23. The van der Waals surface area contributed by atoms with Gasteiger partial charge in [-0.15, -0.1) is 0 Å². The zero-order valence-corrected chi connectivity index (χ0v) is 8.99. The third kappa shape index (κ3) is 2.28. The SMILES string of the molecule is O=Cc1cn(Cc2cc(Cl)ccc2F)cn1. The summed E-state index contributed by atoms with van der Waals surface area (Å²) in [5.74, 6) is -0.328. The molecule has 1 heterocycles. The van der Waals surface area contributed by atoms with Crippen molar-refractivity contribution in [3.63, 3.8) is 0 Å². The normalized spacial score (nSPS) is 10.4. The smallest absolute Gasteiger partial charge is 0.169 e. The van der Waals surface area contributed by atoms with Crippen molar-refractivity contribution < 1.29 is 9.18 Å². The zero-order chi connectivity index (χ0) is 11.5. The number of carbonyl (C=O) groups is 1. The van der Waals surface area contributed by atoms with Crippen LogP contribution in [0.4, 0.5) is 4.39 Å². The van der Waals surface area contributed by atoms with E-state index in [9.17, 15) is 9.18 Å². The Morgan fingerprint density at radius 1 is 1.50 bits per heavy atom. The van der Waals surface area contributed by atoms with Gasteiger partial charge in [0.25, 0.3) is 0 Å². The lowest BCUT2D eigenvalue weighted by Gasteiger charge is -2.04. The second kappa shape index (κ2) is 4.45. The van der Waals surface area contributed by atoms with Gasteiger partial charge in [0.2, 0.25) is 0 Å². The van der Waals surface area contributed by atoms with E-state index in [2.05, 4.69) is 4.98 Å². The monoisotopic (exact) mass is 238 g/mol. The molecule has 16 heavy (non-hydrogen) atoms. The van der Waals surface area contributed by atoms with Crippen LogP contribution in [-0.2, 0) is 6.54 Å². The van der Waals surface area contributed by atoms with Crippen LogP contribution in [-0.4, -0.2) is 15.8 Å². The summed E-state index contributed by atoms with van der Waals surface area (Å²) in [6.07, 6.45) is 3.67. The minimum Gasteiger partial charge on any atom is -0.332 e. The van der Waals surface area contributed by atoms with E-state index in [0.717, 1.165) is 0 Å². The maximum Gasteiger partial charge on any atom is 0.169 e. The van der Waals surface area contributed by atoms with Gasteiger partial charge in [-0.1, -0.05) is 11.6 Å².